The number of hydrogen-bond acceptors (Lipinski definition) is 4. The van der Waals surface area contributed by atoms with Gasteiger partial charge in [0, 0.05) is 31.6 Å². The zero-order valence-electron chi connectivity index (χ0n) is 12.0. The van der Waals surface area contributed by atoms with Crippen LogP contribution in [0.2, 0.25) is 0 Å². The Hall–Kier alpha value is -2.21. The molecule has 0 saturated carbocycles. The Bertz CT molecular complexity index is 650. The van der Waals surface area contributed by atoms with Gasteiger partial charge in [-0.15, -0.1) is 0 Å². The fraction of sp³-hybridized carbons (Fsp3) is 0.375. The Labute approximate surface area is 127 Å². The van der Waals surface area contributed by atoms with Crippen LogP contribution in [0.25, 0.3) is 0 Å². The van der Waals surface area contributed by atoms with E-state index in [0.717, 1.165) is 13.0 Å². The normalized spacial score (nSPS) is 17.6. The van der Waals surface area contributed by atoms with Crippen molar-refractivity contribution in [1.82, 2.24) is 10.5 Å². The minimum atomic E-state index is -0.300. The Balaban J connectivity index is 1.58. The standard InChI is InChI=1S/C16H17FN2O3/c17-14-4-2-1-3-12(14)7-13-8-15(19-22-13)16(20)18-9-11-5-6-21-10-11/h1-4,8,11H,5-7,9-10H2,(H,18,20). The van der Waals surface area contributed by atoms with E-state index >= 15 is 0 Å². The lowest BCUT2D eigenvalue weighted by Gasteiger charge is -2.07. The van der Waals surface area contributed by atoms with Crippen molar-refractivity contribution in [3.05, 3.63) is 53.2 Å². The summed E-state index contributed by atoms with van der Waals surface area (Å²) in [6.07, 6.45) is 1.22. The third-order valence-electron chi connectivity index (χ3n) is 3.69. The van der Waals surface area contributed by atoms with Crippen LogP contribution in [0, 0.1) is 11.7 Å². The van der Waals surface area contributed by atoms with Gasteiger partial charge in [-0.05, 0) is 18.1 Å². The Kier molecular flexibility index (Phi) is 4.48. The van der Waals surface area contributed by atoms with E-state index in [-0.39, 0.29) is 23.8 Å². The van der Waals surface area contributed by atoms with Crippen molar-refractivity contribution in [2.75, 3.05) is 19.8 Å². The Morgan fingerprint density at radius 2 is 2.27 bits per heavy atom. The number of carbonyl (C=O) groups is 1. The van der Waals surface area contributed by atoms with Gasteiger partial charge >= 0.3 is 0 Å². The van der Waals surface area contributed by atoms with E-state index in [9.17, 15) is 9.18 Å². The summed E-state index contributed by atoms with van der Waals surface area (Å²) in [5.74, 6) is 0.231. The molecule has 1 aromatic heterocycles. The minimum absolute atomic E-state index is 0.213. The first-order valence-corrected chi connectivity index (χ1v) is 7.27. The highest BCUT2D eigenvalue weighted by Crippen LogP contribution is 2.14. The molecule has 1 aliphatic rings. The maximum absolute atomic E-state index is 13.6. The number of nitrogens with zero attached hydrogens (tertiary/aromatic N) is 1. The highest BCUT2D eigenvalue weighted by atomic mass is 19.1. The number of hydrogen-bond donors (Lipinski definition) is 1. The van der Waals surface area contributed by atoms with Crippen molar-refractivity contribution in [3.8, 4) is 0 Å². The third kappa shape index (κ3) is 3.51. The lowest BCUT2D eigenvalue weighted by Crippen LogP contribution is -2.29. The molecule has 0 aliphatic carbocycles. The van der Waals surface area contributed by atoms with Gasteiger partial charge in [0.2, 0.25) is 0 Å². The molecule has 1 N–H and O–H groups in total. The molecule has 1 unspecified atom stereocenters. The summed E-state index contributed by atoms with van der Waals surface area (Å²) in [7, 11) is 0. The second-order valence-electron chi connectivity index (χ2n) is 5.39. The fourth-order valence-electron chi connectivity index (χ4n) is 2.40. The largest absolute Gasteiger partial charge is 0.381 e. The molecule has 0 radical (unpaired) electrons. The van der Waals surface area contributed by atoms with Crippen molar-refractivity contribution in [1.29, 1.82) is 0 Å². The third-order valence-corrected chi connectivity index (χ3v) is 3.69. The molecule has 2 aromatic rings. The van der Waals surface area contributed by atoms with Crippen molar-refractivity contribution in [2.45, 2.75) is 12.8 Å². The van der Waals surface area contributed by atoms with E-state index in [4.69, 9.17) is 9.26 Å². The van der Waals surface area contributed by atoms with E-state index in [0.29, 0.717) is 30.4 Å². The van der Waals surface area contributed by atoms with Gasteiger partial charge in [-0.1, -0.05) is 23.4 Å². The highest BCUT2D eigenvalue weighted by molar-refractivity contribution is 5.92. The number of nitrogens with one attached hydrogen (secondary N) is 1. The second kappa shape index (κ2) is 6.70. The van der Waals surface area contributed by atoms with E-state index in [2.05, 4.69) is 10.5 Å². The van der Waals surface area contributed by atoms with Gasteiger partial charge < -0.3 is 14.6 Å². The van der Waals surface area contributed by atoms with Crippen LogP contribution in [0.4, 0.5) is 4.39 Å². The van der Waals surface area contributed by atoms with Crippen molar-refractivity contribution in [2.24, 2.45) is 5.92 Å². The first-order valence-electron chi connectivity index (χ1n) is 7.27. The molecular formula is C16H17FN2O3. The summed E-state index contributed by atoms with van der Waals surface area (Å²) in [5, 5.41) is 6.56. The summed E-state index contributed by atoms with van der Waals surface area (Å²) in [6.45, 7) is 1.99. The molecule has 0 spiro atoms. The second-order valence-corrected chi connectivity index (χ2v) is 5.39. The minimum Gasteiger partial charge on any atom is -0.381 e. The molecule has 1 saturated heterocycles. The maximum Gasteiger partial charge on any atom is 0.273 e. The SMILES string of the molecule is O=C(NCC1CCOC1)c1cc(Cc2ccccc2F)on1. The molecule has 6 heteroatoms. The molecule has 22 heavy (non-hydrogen) atoms. The summed E-state index contributed by atoms with van der Waals surface area (Å²) in [6, 6.07) is 8.00. The first kappa shape index (κ1) is 14.7. The Morgan fingerprint density at radius 3 is 3.05 bits per heavy atom. The molecule has 5 nitrogen and oxygen atoms in total. The van der Waals surface area contributed by atoms with Crippen molar-refractivity contribution >= 4 is 5.91 Å². The molecule has 1 amide bonds. The van der Waals surface area contributed by atoms with Gasteiger partial charge in [0.1, 0.15) is 11.6 Å². The van der Waals surface area contributed by atoms with Crippen LogP contribution in [-0.4, -0.2) is 30.8 Å². The zero-order chi connectivity index (χ0) is 15.4. The van der Waals surface area contributed by atoms with E-state index in [1.807, 2.05) is 0 Å². The number of halogens is 1. The Morgan fingerprint density at radius 1 is 1.41 bits per heavy atom. The molecular weight excluding hydrogens is 287 g/mol. The number of carbonyl (C=O) groups excluding carboxylic acids is 1. The molecule has 0 bridgehead atoms. The maximum atomic E-state index is 13.6. The van der Waals surface area contributed by atoms with Gasteiger partial charge in [0.05, 0.1) is 6.61 Å². The predicted molar refractivity (Wildman–Crippen MR) is 77.0 cm³/mol. The van der Waals surface area contributed by atoms with Crippen molar-refractivity contribution < 1.29 is 18.4 Å². The van der Waals surface area contributed by atoms with Crippen LogP contribution >= 0.6 is 0 Å². The molecule has 1 atom stereocenters. The molecule has 1 fully saturated rings. The number of aromatic nitrogens is 1. The highest BCUT2D eigenvalue weighted by Gasteiger charge is 2.18. The zero-order valence-corrected chi connectivity index (χ0v) is 12.0. The van der Waals surface area contributed by atoms with Crippen LogP contribution in [0.15, 0.2) is 34.9 Å². The van der Waals surface area contributed by atoms with Crippen LogP contribution in [0.3, 0.4) is 0 Å². The number of benzene rings is 1. The number of rotatable bonds is 5. The average molecular weight is 304 g/mol. The van der Waals surface area contributed by atoms with Gasteiger partial charge in [0.25, 0.3) is 5.91 Å². The molecule has 1 aliphatic heterocycles. The molecule has 1 aromatic carbocycles. The van der Waals surface area contributed by atoms with Gasteiger partial charge in [0.15, 0.2) is 5.69 Å². The smallest absolute Gasteiger partial charge is 0.273 e. The van der Waals surface area contributed by atoms with Crippen molar-refractivity contribution in [3.63, 3.8) is 0 Å². The quantitative estimate of drug-likeness (QED) is 0.919. The summed E-state index contributed by atoms with van der Waals surface area (Å²) in [5.41, 5.74) is 0.721. The number of ether oxygens (including phenoxy) is 1. The fourth-order valence-corrected chi connectivity index (χ4v) is 2.40. The summed E-state index contributed by atoms with van der Waals surface area (Å²) < 4.78 is 24.0. The monoisotopic (exact) mass is 304 g/mol. The van der Waals surface area contributed by atoms with Gasteiger partial charge in [-0.3, -0.25) is 4.79 Å². The lowest BCUT2D eigenvalue weighted by atomic mass is 10.1. The average Bonchev–Trinajstić information content (AvgIpc) is 3.19. The predicted octanol–water partition coefficient (Wildman–Crippen LogP) is 2.17. The summed E-state index contributed by atoms with van der Waals surface area (Å²) >= 11 is 0. The van der Waals surface area contributed by atoms with E-state index in [1.165, 1.54) is 6.07 Å². The van der Waals surface area contributed by atoms with Crippen LogP contribution in [-0.2, 0) is 11.2 Å². The molecule has 2 heterocycles. The van der Waals surface area contributed by atoms with Crippen LogP contribution in [0.5, 0.6) is 0 Å². The van der Waals surface area contributed by atoms with Gasteiger partial charge in [-0.25, -0.2) is 4.39 Å². The molecule has 116 valence electrons. The van der Waals surface area contributed by atoms with E-state index in [1.54, 1.807) is 24.3 Å². The van der Waals surface area contributed by atoms with E-state index < -0.39 is 0 Å². The van der Waals surface area contributed by atoms with Crippen LogP contribution in [0.1, 0.15) is 28.2 Å². The molecule has 3 rings (SSSR count). The van der Waals surface area contributed by atoms with Crippen LogP contribution < -0.4 is 5.32 Å². The topological polar surface area (TPSA) is 64.4 Å². The lowest BCUT2D eigenvalue weighted by molar-refractivity contribution is 0.0936. The first-order chi connectivity index (χ1) is 10.7. The summed E-state index contributed by atoms with van der Waals surface area (Å²) in [4.78, 5) is 12.0. The van der Waals surface area contributed by atoms with Gasteiger partial charge in [-0.2, -0.15) is 0 Å². The number of amides is 1.